The van der Waals surface area contributed by atoms with Gasteiger partial charge in [-0.15, -0.1) is 0 Å². The van der Waals surface area contributed by atoms with Crippen molar-refractivity contribution in [1.29, 1.82) is 0 Å². The molecule has 0 atom stereocenters. The SMILES string of the molecule is CC(C)c1ccc(/C=C/C(=O)OCC(=O)Nc2ccccc2[N+](=O)[O-])cc1. The second-order valence-corrected chi connectivity index (χ2v) is 6.08. The number of nitrogens with one attached hydrogen (secondary N) is 1. The highest BCUT2D eigenvalue weighted by molar-refractivity contribution is 5.96. The number of amides is 1. The zero-order valence-corrected chi connectivity index (χ0v) is 15.0. The van der Waals surface area contributed by atoms with Crippen LogP contribution >= 0.6 is 0 Å². The lowest BCUT2D eigenvalue weighted by Crippen LogP contribution is -2.20. The Kier molecular flexibility index (Phi) is 6.82. The first-order valence-electron chi connectivity index (χ1n) is 8.35. The van der Waals surface area contributed by atoms with Crippen LogP contribution in [-0.4, -0.2) is 23.4 Å². The molecule has 0 heterocycles. The van der Waals surface area contributed by atoms with Crippen molar-refractivity contribution in [2.45, 2.75) is 19.8 Å². The number of nitrogens with zero attached hydrogens (tertiary/aromatic N) is 1. The van der Waals surface area contributed by atoms with Crippen molar-refractivity contribution in [3.8, 4) is 0 Å². The molecule has 0 aliphatic heterocycles. The summed E-state index contributed by atoms with van der Waals surface area (Å²) in [5, 5.41) is 13.3. The number of nitro groups is 1. The molecule has 2 aromatic rings. The van der Waals surface area contributed by atoms with Gasteiger partial charge in [0.05, 0.1) is 4.92 Å². The average Bonchev–Trinajstić information content (AvgIpc) is 2.65. The summed E-state index contributed by atoms with van der Waals surface area (Å²) in [6.07, 6.45) is 2.81. The molecule has 7 nitrogen and oxygen atoms in total. The average molecular weight is 368 g/mol. The smallest absolute Gasteiger partial charge is 0.331 e. The number of hydrogen-bond acceptors (Lipinski definition) is 5. The molecule has 0 radical (unpaired) electrons. The summed E-state index contributed by atoms with van der Waals surface area (Å²) in [5.74, 6) is -0.917. The summed E-state index contributed by atoms with van der Waals surface area (Å²) in [6, 6.07) is 13.5. The van der Waals surface area contributed by atoms with Crippen molar-refractivity contribution in [2.24, 2.45) is 0 Å². The summed E-state index contributed by atoms with van der Waals surface area (Å²) >= 11 is 0. The van der Waals surface area contributed by atoms with Gasteiger partial charge in [-0.1, -0.05) is 50.2 Å². The van der Waals surface area contributed by atoms with Crippen LogP contribution in [0.5, 0.6) is 0 Å². The maximum Gasteiger partial charge on any atom is 0.331 e. The zero-order chi connectivity index (χ0) is 19.8. The predicted octanol–water partition coefficient (Wildman–Crippen LogP) is 3.91. The van der Waals surface area contributed by atoms with Gasteiger partial charge in [-0.05, 0) is 29.2 Å². The second-order valence-electron chi connectivity index (χ2n) is 6.08. The Balaban J connectivity index is 1.86. The van der Waals surface area contributed by atoms with E-state index < -0.39 is 23.4 Å². The lowest BCUT2D eigenvalue weighted by molar-refractivity contribution is -0.383. The number of carbonyl (C=O) groups is 2. The molecule has 0 fully saturated rings. The van der Waals surface area contributed by atoms with Crippen LogP contribution in [-0.2, 0) is 14.3 Å². The number of benzene rings is 2. The first-order chi connectivity index (χ1) is 12.9. The van der Waals surface area contributed by atoms with Crippen LogP contribution in [0.1, 0.15) is 30.9 Å². The lowest BCUT2D eigenvalue weighted by Gasteiger charge is -2.06. The van der Waals surface area contributed by atoms with Gasteiger partial charge >= 0.3 is 5.97 Å². The highest BCUT2D eigenvalue weighted by atomic mass is 16.6. The largest absolute Gasteiger partial charge is 0.452 e. The Hall–Kier alpha value is -3.48. The highest BCUT2D eigenvalue weighted by Gasteiger charge is 2.15. The summed E-state index contributed by atoms with van der Waals surface area (Å²) in [5.41, 5.74) is 1.84. The Morgan fingerprint density at radius 2 is 1.81 bits per heavy atom. The van der Waals surface area contributed by atoms with Crippen LogP contribution in [0.15, 0.2) is 54.6 Å². The standard InChI is InChI=1S/C20H20N2O5/c1-14(2)16-10-7-15(8-11-16)9-12-20(24)27-13-19(23)21-17-5-3-4-6-18(17)22(25)26/h3-12,14H,13H2,1-2H3,(H,21,23)/b12-9+. The topological polar surface area (TPSA) is 98.5 Å². The van der Waals surface area contributed by atoms with E-state index >= 15 is 0 Å². The molecule has 0 saturated carbocycles. The minimum atomic E-state index is -0.680. The minimum Gasteiger partial charge on any atom is -0.452 e. The van der Waals surface area contributed by atoms with Crippen LogP contribution in [0.2, 0.25) is 0 Å². The molecular weight excluding hydrogens is 348 g/mol. The molecule has 7 heteroatoms. The Labute approximate surface area is 156 Å². The van der Waals surface area contributed by atoms with Crippen molar-refractivity contribution in [3.63, 3.8) is 0 Å². The molecule has 140 valence electrons. The Bertz CT molecular complexity index is 857. The van der Waals surface area contributed by atoms with Gasteiger partial charge in [-0.2, -0.15) is 0 Å². The van der Waals surface area contributed by atoms with E-state index in [1.807, 2.05) is 24.3 Å². The number of anilines is 1. The van der Waals surface area contributed by atoms with Gasteiger partial charge in [-0.3, -0.25) is 14.9 Å². The second kappa shape index (κ2) is 9.28. The monoisotopic (exact) mass is 368 g/mol. The Morgan fingerprint density at radius 3 is 2.44 bits per heavy atom. The van der Waals surface area contributed by atoms with Gasteiger partial charge in [0.2, 0.25) is 0 Å². The normalized spacial score (nSPS) is 10.8. The van der Waals surface area contributed by atoms with Crippen LogP contribution in [0, 0.1) is 10.1 Å². The van der Waals surface area contributed by atoms with E-state index in [9.17, 15) is 19.7 Å². The van der Waals surface area contributed by atoms with Crippen molar-refractivity contribution in [2.75, 3.05) is 11.9 Å². The summed E-state index contributed by atoms with van der Waals surface area (Å²) in [4.78, 5) is 33.9. The predicted molar refractivity (Wildman–Crippen MR) is 102 cm³/mol. The third kappa shape index (κ3) is 6.07. The molecule has 2 rings (SSSR count). The summed E-state index contributed by atoms with van der Waals surface area (Å²) in [6.45, 7) is 3.65. The minimum absolute atomic E-state index is 0.0457. The van der Waals surface area contributed by atoms with E-state index in [0.29, 0.717) is 5.92 Å². The van der Waals surface area contributed by atoms with Crippen LogP contribution in [0.3, 0.4) is 0 Å². The molecule has 1 N–H and O–H groups in total. The molecule has 0 bridgehead atoms. The fourth-order valence-electron chi connectivity index (χ4n) is 2.27. The van der Waals surface area contributed by atoms with Crippen molar-refractivity contribution in [1.82, 2.24) is 0 Å². The first kappa shape index (κ1) is 19.8. The fraction of sp³-hybridized carbons (Fsp3) is 0.200. The van der Waals surface area contributed by atoms with Gasteiger partial charge < -0.3 is 10.1 Å². The van der Waals surface area contributed by atoms with E-state index in [0.717, 1.165) is 5.56 Å². The van der Waals surface area contributed by atoms with E-state index in [2.05, 4.69) is 19.2 Å². The molecule has 0 aliphatic rings. The molecule has 0 unspecified atom stereocenters. The quantitative estimate of drug-likeness (QED) is 0.346. The fourth-order valence-corrected chi connectivity index (χ4v) is 2.27. The number of carbonyl (C=O) groups excluding carboxylic acids is 2. The van der Waals surface area contributed by atoms with Crippen molar-refractivity contribution >= 4 is 29.3 Å². The third-order valence-corrected chi connectivity index (χ3v) is 3.74. The van der Waals surface area contributed by atoms with E-state index in [-0.39, 0.29) is 11.4 Å². The Morgan fingerprint density at radius 1 is 1.15 bits per heavy atom. The van der Waals surface area contributed by atoms with Gasteiger partial charge in [0.15, 0.2) is 6.61 Å². The maximum absolute atomic E-state index is 11.8. The molecule has 0 saturated heterocycles. The summed E-state index contributed by atoms with van der Waals surface area (Å²) < 4.78 is 4.85. The summed E-state index contributed by atoms with van der Waals surface area (Å²) in [7, 11) is 0. The third-order valence-electron chi connectivity index (χ3n) is 3.74. The van der Waals surface area contributed by atoms with Gasteiger partial charge in [-0.25, -0.2) is 4.79 Å². The number of esters is 1. The van der Waals surface area contributed by atoms with E-state index in [1.54, 1.807) is 12.1 Å². The van der Waals surface area contributed by atoms with Crippen molar-refractivity contribution < 1.29 is 19.2 Å². The zero-order valence-electron chi connectivity index (χ0n) is 15.0. The molecule has 1 amide bonds. The molecule has 0 spiro atoms. The molecule has 0 aliphatic carbocycles. The van der Waals surface area contributed by atoms with Gasteiger partial charge in [0.1, 0.15) is 5.69 Å². The maximum atomic E-state index is 11.8. The van der Waals surface area contributed by atoms with Crippen molar-refractivity contribution in [3.05, 3.63) is 75.8 Å². The molecule has 2 aromatic carbocycles. The number of rotatable bonds is 7. The van der Waals surface area contributed by atoms with Crippen LogP contribution in [0.25, 0.3) is 6.08 Å². The van der Waals surface area contributed by atoms with Crippen LogP contribution in [0.4, 0.5) is 11.4 Å². The number of nitro benzene ring substituents is 1. The van der Waals surface area contributed by atoms with E-state index in [1.165, 1.54) is 29.8 Å². The van der Waals surface area contributed by atoms with Gasteiger partial charge in [0, 0.05) is 12.1 Å². The van der Waals surface area contributed by atoms with Gasteiger partial charge in [0.25, 0.3) is 11.6 Å². The first-order valence-corrected chi connectivity index (χ1v) is 8.35. The molecular formula is C20H20N2O5. The molecule has 0 aromatic heterocycles. The number of ether oxygens (including phenoxy) is 1. The highest BCUT2D eigenvalue weighted by Crippen LogP contribution is 2.22. The number of para-hydroxylation sites is 2. The number of hydrogen-bond donors (Lipinski definition) is 1. The van der Waals surface area contributed by atoms with E-state index in [4.69, 9.17) is 4.74 Å². The lowest BCUT2D eigenvalue weighted by atomic mass is 10.0. The van der Waals surface area contributed by atoms with Crippen LogP contribution < -0.4 is 5.32 Å². The molecule has 27 heavy (non-hydrogen) atoms.